The Kier molecular flexibility index (Phi) is 4.96. The molecule has 2 aromatic rings. The second kappa shape index (κ2) is 6.70. The van der Waals surface area contributed by atoms with Crippen LogP contribution >= 0.6 is 0 Å². The van der Waals surface area contributed by atoms with Gasteiger partial charge in [0.2, 0.25) is 0 Å². The zero-order chi connectivity index (χ0) is 13.7. The van der Waals surface area contributed by atoms with Crippen LogP contribution in [0.2, 0.25) is 0 Å². The molecule has 0 radical (unpaired) electrons. The molecule has 0 aliphatic heterocycles. The van der Waals surface area contributed by atoms with E-state index in [2.05, 4.69) is 0 Å². The average Bonchev–Trinajstić information content (AvgIpc) is 2.80. The molecule has 0 aliphatic rings. The maximum Gasteiger partial charge on any atom is 0.134 e. The van der Waals surface area contributed by atoms with Crippen LogP contribution in [0.4, 0.5) is 0 Å². The third kappa shape index (κ3) is 3.35. The predicted molar refractivity (Wildman–Crippen MR) is 74.8 cm³/mol. The smallest absolute Gasteiger partial charge is 0.134 e. The van der Waals surface area contributed by atoms with Crippen molar-refractivity contribution in [3.8, 4) is 0 Å². The Hall–Kier alpha value is -1.36. The summed E-state index contributed by atoms with van der Waals surface area (Å²) in [7, 11) is 0. The predicted octanol–water partition coefficient (Wildman–Crippen LogP) is 2.83. The topological polar surface area (TPSA) is 57.6 Å². The third-order valence-corrected chi connectivity index (χ3v) is 3.04. The quantitative estimate of drug-likeness (QED) is 0.834. The summed E-state index contributed by atoms with van der Waals surface area (Å²) in [4.78, 5) is 0. The molecule has 0 saturated heterocycles. The van der Waals surface area contributed by atoms with Crippen molar-refractivity contribution in [2.24, 2.45) is 5.73 Å². The summed E-state index contributed by atoms with van der Waals surface area (Å²) in [6, 6.07) is 7.92. The number of ether oxygens (including phenoxy) is 2. The lowest BCUT2D eigenvalue weighted by molar-refractivity contribution is -0.0117. The molecule has 104 valence electrons. The number of benzene rings is 1. The van der Waals surface area contributed by atoms with Gasteiger partial charge >= 0.3 is 0 Å². The Labute approximate surface area is 113 Å². The minimum Gasteiger partial charge on any atom is -0.459 e. The van der Waals surface area contributed by atoms with E-state index in [1.165, 1.54) is 0 Å². The van der Waals surface area contributed by atoms with Crippen molar-refractivity contribution in [3.05, 3.63) is 35.6 Å². The highest BCUT2D eigenvalue weighted by Gasteiger charge is 2.14. The number of hydrogen-bond acceptors (Lipinski definition) is 4. The number of fused-ring (bicyclic) bond motifs is 1. The summed E-state index contributed by atoms with van der Waals surface area (Å²) in [5.74, 6) is 0.796. The summed E-state index contributed by atoms with van der Waals surface area (Å²) >= 11 is 0. The van der Waals surface area contributed by atoms with Gasteiger partial charge in [0.25, 0.3) is 0 Å². The van der Waals surface area contributed by atoms with Crippen molar-refractivity contribution in [1.29, 1.82) is 0 Å². The van der Waals surface area contributed by atoms with E-state index in [0.29, 0.717) is 26.4 Å². The van der Waals surface area contributed by atoms with E-state index in [-0.39, 0.29) is 6.10 Å². The molecule has 2 N–H and O–H groups in total. The lowest BCUT2D eigenvalue weighted by Gasteiger charge is -2.12. The van der Waals surface area contributed by atoms with Crippen molar-refractivity contribution in [2.45, 2.75) is 33.1 Å². The number of hydrogen-bond donors (Lipinski definition) is 1. The lowest BCUT2D eigenvalue weighted by atomic mass is 10.1. The van der Waals surface area contributed by atoms with E-state index in [0.717, 1.165) is 22.3 Å². The molecule has 1 aromatic heterocycles. The van der Waals surface area contributed by atoms with Crippen molar-refractivity contribution in [2.75, 3.05) is 13.2 Å². The molecular weight excluding hydrogens is 242 g/mol. The van der Waals surface area contributed by atoms with Crippen molar-refractivity contribution in [1.82, 2.24) is 0 Å². The molecule has 1 heterocycles. The van der Waals surface area contributed by atoms with Crippen LogP contribution in [0.1, 0.15) is 25.2 Å². The monoisotopic (exact) mass is 263 g/mol. The van der Waals surface area contributed by atoms with Gasteiger partial charge in [-0.05, 0) is 19.9 Å². The van der Waals surface area contributed by atoms with E-state index < -0.39 is 0 Å². The van der Waals surface area contributed by atoms with Crippen LogP contribution in [0.5, 0.6) is 0 Å². The molecule has 0 saturated carbocycles. The van der Waals surface area contributed by atoms with Crippen LogP contribution in [0, 0.1) is 0 Å². The van der Waals surface area contributed by atoms with Gasteiger partial charge < -0.3 is 19.6 Å². The standard InChI is InChI=1S/C15H21NO3/c1-3-17-9-11(2)18-10-13-12-6-4-5-7-14(12)19-15(13)8-16/h4-7,11H,3,8-10,16H2,1-2H3. The van der Waals surface area contributed by atoms with E-state index in [1.54, 1.807) is 0 Å². The maximum atomic E-state index is 5.80. The normalized spacial score (nSPS) is 13.0. The first-order chi connectivity index (χ1) is 9.26. The lowest BCUT2D eigenvalue weighted by Crippen LogP contribution is -2.16. The van der Waals surface area contributed by atoms with Crippen LogP contribution < -0.4 is 5.73 Å². The fourth-order valence-electron chi connectivity index (χ4n) is 2.03. The molecule has 0 aliphatic carbocycles. The van der Waals surface area contributed by atoms with Crippen LogP contribution in [0.15, 0.2) is 28.7 Å². The average molecular weight is 263 g/mol. The Morgan fingerprint density at radius 3 is 2.84 bits per heavy atom. The number of furan rings is 1. The van der Waals surface area contributed by atoms with Gasteiger partial charge in [0.15, 0.2) is 0 Å². The Morgan fingerprint density at radius 2 is 2.11 bits per heavy atom. The highest BCUT2D eigenvalue weighted by atomic mass is 16.5. The summed E-state index contributed by atoms with van der Waals surface area (Å²) in [5.41, 5.74) is 7.63. The highest BCUT2D eigenvalue weighted by molar-refractivity contribution is 5.82. The maximum absolute atomic E-state index is 5.80. The molecule has 1 atom stereocenters. The first-order valence-corrected chi connectivity index (χ1v) is 6.65. The molecule has 1 unspecified atom stereocenters. The SMILES string of the molecule is CCOCC(C)OCc1c(CN)oc2ccccc12. The first kappa shape index (κ1) is 14.1. The van der Waals surface area contributed by atoms with Crippen LogP contribution in [-0.4, -0.2) is 19.3 Å². The number of nitrogens with two attached hydrogens (primary N) is 1. The first-order valence-electron chi connectivity index (χ1n) is 6.65. The largest absolute Gasteiger partial charge is 0.459 e. The number of para-hydroxylation sites is 1. The molecule has 19 heavy (non-hydrogen) atoms. The molecule has 0 spiro atoms. The van der Waals surface area contributed by atoms with Gasteiger partial charge in [-0.15, -0.1) is 0 Å². The summed E-state index contributed by atoms with van der Waals surface area (Å²) in [6.07, 6.45) is 0.0548. The zero-order valence-electron chi connectivity index (χ0n) is 11.5. The van der Waals surface area contributed by atoms with Crippen LogP contribution in [0.25, 0.3) is 11.0 Å². The summed E-state index contributed by atoms with van der Waals surface area (Å²) in [6.45, 7) is 6.16. The molecular formula is C15H21NO3. The Balaban J connectivity index is 2.10. The summed E-state index contributed by atoms with van der Waals surface area (Å²) < 4.78 is 16.9. The molecule has 4 heteroatoms. The molecule has 4 nitrogen and oxygen atoms in total. The second-order valence-electron chi connectivity index (χ2n) is 4.49. The molecule has 2 rings (SSSR count). The van der Waals surface area contributed by atoms with Gasteiger partial charge in [-0.25, -0.2) is 0 Å². The van der Waals surface area contributed by atoms with Gasteiger partial charge in [0.05, 0.1) is 25.9 Å². The van der Waals surface area contributed by atoms with E-state index in [4.69, 9.17) is 19.6 Å². The second-order valence-corrected chi connectivity index (χ2v) is 4.49. The number of rotatable bonds is 7. The van der Waals surface area contributed by atoms with Gasteiger partial charge in [-0.1, -0.05) is 18.2 Å². The molecule has 0 fully saturated rings. The van der Waals surface area contributed by atoms with E-state index in [9.17, 15) is 0 Å². The Morgan fingerprint density at radius 1 is 1.32 bits per heavy atom. The molecule has 0 bridgehead atoms. The van der Waals surface area contributed by atoms with Crippen LogP contribution in [-0.2, 0) is 22.6 Å². The zero-order valence-corrected chi connectivity index (χ0v) is 11.5. The van der Waals surface area contributed by atoms with Crippen molar-refractivity contribution < 1.29 is 13.9 Å². The summed E-state index contributed by atoms with van der Waals surface area (Å²) in [5, 5.41) is 1.08. The molecule has 1 aromatic carbocycles. The van der Waals surface area contributed by atoms with Crippen molar-refractivity contribution >= 4 is 11.0 Å². The van der Waals surface area contributed by atoms with E-state index >= 15 is 0 Å². The van der Waals surface area contributed by atoms with Crippen molar-refractivity contribution in [3.63, 3.8) is 0 Å². The fraction of sp³-hybridized carbons (Fsp3) is 0.467. The minimum atomic E-state index is 0.0548. The van der Waals surface area contributed by atoms with Gasteiger partial charge in [-0.3, -0.25) is 0 Å². The van der Waals surface area contributed by atoms with Gasteiger partial charge in [-0.2, -0.15) is 0 Å². The Bertz CT molecular complexity index is 521. The van der Waals surface area contributed by atoms with Gasteiger partial charge in [0.1, 0.15) is 11.3 Å². The van der Waals surface area contributed by atoms with Crippen LogP contribution in [0.3, 0.4) is 0 Å². The minimum absolute atomic E-state index is 0.0548. The fourth-order valence-corrected chi connectivity index (χ4v) is 2.03. The van der Waals surface area contributed by atoms with E-state index in [1.807, 2.05) is 38.1 Å². The third-order valence-electron chi connectivity index (χ3n) is 3.04. The molecule has 0 amide bonds. The van der Waals surface area contributed by atoms with Gasteiger partial charge in [0, 0.05) is 17.6 Å². The highest BCUT2D eigenvalue weighted by Crippen LogP contribution is 2.26.